The second-order valence-corrected chi connectivity index (χ2v) is 6.60. The van der Waals surface area contributed by atoms with Crippen molar-refractivity contribution in [3.63, 3.8) is 0 Å². The quantitative estimate of drug-likeness (QED) is 0.916. The van der Waals surface area contributed by atoms with E-state index in [1.807, 2.05) is 15.6 Å². The largest absolute Gasteiger partial charge is 0.508 e. The van der Waals surface area contributed by atoms with E-state index in [9.17, 15) is 14.7 Å². The zero-order valence-electron chi connectivity index (χ0n) is 13.8. The van der Waals surface area contributed by atoms with Gasteiger partial charge in [0.05, 0.1) is 18.3 Å². The van der Waals surface area contributed by atoms with Crippen molar-refractivity contribution < 1.29 is 14.7 Å². The molecule has 0 bridgehead atoms. The lowest BCUT2D eigenvalue weighted by atomic mass is 10.1. The number of likely N-dealkylation sites (tertiary alicyclic amines) is 1. The van der Waals surface area contributed by atoms with Gasteiger partial charge in [-0.3, -0.25) is 14.3 Å². The van der Waals surface area contributed by atoms with Crippen LogP contribution in [0, 0.1) is 0 Å². The minimum Gasteiger partial charge on any atom is -0.508 e. The molecule has 4 rings (SSSR count). The molecule has 130 valence electrons. The fraction of sp³-hybridized carbons (Fsp3) is 0.389. The van der Waals surface area contributed by atoms with Crippen molar-refractivity contribution in [1.82, 2.24) is 19.6 Å². The fourth-order valence-corrected chi connectivity index (χ4v) is 3.65. The van der Waals surface area contributed by atoms with E-state index in [4.69, 9.17) is 0 Å². The van der Waals surface area contributed by atoms with Gasteiger partial charge in [-0.1, -0.05) is 6.07 Å². The van der Waals surface area contributed by atoms with Crippen LogP contribution in [0.5, 0.6) is 5.75 Å². The molecule has 2 amide bonds. The standard InChI is InChI=1S/C18H20N4O3/c23-16-4-1-3-13(9-16)18(25)21-10-14-6-7-19-22(14)15(12-21)11-20-8-2-5-17(20)24/h1,3-4,6-7,9,15,23H,2,5,8,10-12H2/t15-/m0/s1. The number of nitrogens with zero attached hydrogens (tertiary/aromatic N) is 4. The number of phenols is 1. The molecule has 7 heteroatoms. The van der Waals surface area contributed by atoms with E-state index in [2.05, 4.69) is 5.10 Å². The summed E-state index contributed by atoms with van der Waals surface area (Å²) in [6.45, 7) is 2.30. The Morgan fingerprint density at radius 3 is 2.96 bits per heavy atom. The Morgan fingerprint density at radius 1 is 1.32 bits per heavy atom. The molecular weight excluding hydrogens is 320 g/mol. The van der Waals surface area contributed by atoms with Gasteiger partial charge in [-0.05, 0) is 30.7 Å². The number of carbonyl (C=O) groups is 2. The number of hydrogen-bond acceptors (Lipinski definition) is 4. The highest BCUT2D eigenvalue weighted by Gasteiger charge is 2.32. The van der Waals surface area contributed by atoms with Crippen LogP contribution >= 0.6 is 0 Å². The molecule has 1 aromatic carbocycles. The van der Waals surface area contributed by atoms with Crippen molar-refractivity contribution in [2.24, 2.45) is 0 Å². The molecule has 1 N–H and O–H groups in total. The Labute approximate surface area is 145 Å². The van der Waals surface area contributed by atoms with Gasteiger partial charge in [0.25, 0.3) is 5.91 Å². The van der Waals surface area contributed by atoms with Gasteiger partial charge in [0.15, 0.2) is 0 Å². The van der Waals surface area contributed by atoms with Gasteiger partial charge in [-0.15, -0.1) is 0 Å². The van der Waals surface area contributed by atoms with Crippen molar-refractivity contribution >= 4 is 11.8 Å². The van der Waals surface area contributed by atoms with Crippen molar-refractivity contribution in [1.29, 1.82) is 0 Å². The maximum Gasteiger partial charge on any atom is 0.254 e. The highest BCUT2D eigenvalue weighted by atomic mass is 16.3. The highest BCUT2D eigenvalue weighted by molar-refractivity contribution is 5.94. The minimum atomic E-state index is -0.124. The number of carbonyl (C=O) groups excluding carboxylic acids is 2. The topological polar surface area (TPSA) is 78.7 Å². The molecule has 1 aromatic heterocycles. The van der Waals surface area contributed by atoms with Crippen LogP contribution in [0.25, 0.3) is 0 Å². The summed E-state index contributed by atoms with van der Waals surface area (Å²) < 4.78 is 1.93. The third kappa shape index (κ3) is 2.97. The van der Waals surface area contributed by atoms with Gasteiger partial charge in [0.2, 0.25) is 5.91 Å². The average Bonchev–Trinajstić information content (AvgIpc) is 3.23. The number of fused-ring (bicyclic) bond motifs is 1. The lowest BCUT2D eigenvalue weighted by Crippen LogP contribution is -2.45. The summed E-state index contributed by atoms with van der Waals surface area (Å²) in [5.74, 6) is 0.123. The van der Waals surface area contributed by atoms with Gasteiger partial charge in [0.1, 0.15) is 5.75 Å². The zero-order valence-corrected chi connectivity index (χ0v) is 13.8. The minimum absolute atomic E-state index is 0.0536. The number of aromatic nitrogens is 2. The summed E-state index contributed by atoms with van der Waals surface area (Å²) in [5, 5.41) is 14.0. The molecule has 0 saturated carbocycles. The molecule has 1 atom stereocenters. The second-order valence-electron chi connectivity index (χ2n) is 6.60. The first-order chi connectivity index (χ1) is 12.1. The average molecular weight is 340 g/mol. The van der Waals surface area contributed by atoms with Crippen molar-refractivity contribution in [2.75, 3.05) is 19.6 Å². The molecule has 2 aliphatic rings. The SMILES string of the molecule is O=C1CCCN1C[C@H]1CN(C(=O)c2cccc(O)c2)Cc2ccnn21. The van der Waals surface area contributed by atoms with E-state index in [1.165, 1.54) is 6.07 Å². The zero-order chi connectivity index (χ0) is 17.4. The van der Waals surface area contributed by atoms with Crippen LogP contribution in [0.1, 0.15) is 34.9 Å². The van der Waals surface area contributed by atoms with Gasteiger partial charge < -0.3 is 14.9 Å². The van der Waals surface area contributed by atoms with E-state index < -0.39 is 0 Å². The van der Waals surface area contributed by atoms with Gasteiger partial charge in [-0.2, -0.15) is 5.10 Å². The molecule has 3 heterocycles. The molecule has 0 spiro atoms. The van der Waals surface area contributed by atoms with Crippen LogP contribution in [0.3, 0.4) is 0 Å². The molecule has 25 heavy (non-hydrogen) atoms. The molecule has 1 saturated heterocycles. The van der Waals surface area contributed by atoms with E-state index in [0.717, 1.165) is 18.7 Å². The number of hydrogen-bond donors (Lipinski definition) is 1. The smallest absolute Gasteiger partial charge is 0.254 e. The summed E-state index contributed by atoms with van der Waals surface area (Å²) in [4.78, 5) is 28.4. The first-order valence-electron chi connectivity index (χ1n) is 8.50. The monoisotopic (exact) mass is 340 g/mol. The molecule has 0 aliphatic carbocycles. The highest BCUT2D eigenvalue weighted by Crippen LogP contribution is 2.25. The Bertz CT molecular complexity index is 816. The summed E-state index contributed by atoms with van der Waals surface area (Å²) in [6, 6.07) is 8.24. The van der Waals surface area contributed by atoms with E-state index in [-0.39, 0.29) is 23.6 Å². The van der Waals surface area contributed by atoms with Crippen molar-refractivity contribution in [3.05, 3.63) is 47.8 Å². The molecule has 0 radical (unpaired) electrons. The lowest BCUT2D eigenvalue weighted by molar-refractivity contribution is -0.128. The predicted octanol–water partition coefficient (Wildman–Crippen LogP) is 1.41. The van der Waals surface area contributed by atoms with Crippen LogP contribution in [0.15, 0.2) is 36.5 Å². The first kappa shape index (κ1) is 15.7. The predicted molar refractivity (Wildman–Crippen MR) is 89.9 cm³/mol. The Kier molecular flexibility index (Phi) is 3.91. The lowest BCUT2D eigenvalue weighted by Gasteiger charge is -2.35. The fourth-order valence-electron chi connectivity index (χ4n) is 3.65. The van der Waals surface area contributed by atoms with E-state index in [0.29, 0.717) is 31.6 Å². The Hall–Kier alpha value is -2.83. The molecule has 1 fully saturated rings. The van der Waals surface area contributed by atoms with Crippen LogP contribution in [-0.2, 0) is 11.3 Å². The second kappa shape index (κ2) is 6.23. The Balaban J connectivity index is 1.57. The summed E-state index contributed by atoms with van der Waals surface area (Å²) >= 11 is 0. The van der Waals surface area contributed by atoms with E-state index in [1.54, 1.807) is 29.3 Å². The van der Waals surface area contributed by atoms with E-state index >= 15 is 0 Å². The van der Waals surface area contributed by atoms with Crippen LogP contribution in [0.4, 0.5) is 0 Å². The summed E-state index contributed by atoms with van der Waals surface area (Å²) in [7, 11) is 0. The number of phenolic OH excluding ortho intramolecular Hbond substituents is 1. The van der Waals surface area contributed by atoms with Crippen molar-refractivity contribution in [3.8, 4) is 5.75 Å². The number of benzene rings is 1. The van der Waals surface area contributed by atoms with Crippen molar-refractivity contribution in [2.45, 2.75) is 25.4 Å². The maximum absolute atomic E-state index is 12.8. The normalized spacial score (nSPS) is 20.0. The molecule has 0 unspecified atom stereocenters. The number of amides is 2. The summed E-state index contributed by atoms with van der Waals surface area (Å²) in [5.41, 5.74) is 1.42. The Morgan fingerprint density at radius 2 is 2.20 bits per heavy atom. The third-order valence-corrected chi connectivity index (χ3v) is 4.86. The van der Waals surface area contributed by atoms with Crippen LogP contribution in [-0.4, -0.2) is 56.1 Å². The first-order valence-corrected chi connectivity index (χ1v) is 8.50. The molecule has 2 aliphatic heterocycles. The summed E-state index contributed by atoms with van der Waals surface area (Å²) in [6.07, 6.45) is 3.23. The third-order valence-electron chi connectivity index (χ3n) is 4.86. The number of aromatic hydroxyl groups is 1. The van der Waals surface area contributed by atoms with Gasteiger partial charge >= 0.3 is 0 Å². The van der Waals surface area contributed by atoms with Gasteiger partial charge in [0, 0.05) is 37.8 Å². The van der Waals surface area contributed by atoms with Crippen LogP contribution < -0.4 is 0 Å². The molecule has 7 nitrogen and oxygen atoms in total. The molecular formula is C18H20N4O3. The molecule has 2 aromatic rings. The van der Waals surface area contributed by atoms with Gasteiger partial charge in [-0.25, -0.2) is 0 Å². The maximum atomic E-state index is 12.8. The van der Waals surface area contributed by atoms with Crippen LogP contribution in [0.2, 0.25) is 0 Å². The number of rotatable bonds is 3.